The number of nitrogens with one attached hydrogen (secondary N) is 1. The third kappa shape index (κ3) is 4.73. The third-order valence-corrected chi connectivity index (χ3v) is 13.5. The molecule has 0 aliphatic carbocycles. The molecule has 0 spiro atoms. The van der Waals surface area contributed by atoms with Crippen LogP contribution in [0.2, 0.25) is 18.1 Å². The van der Waals surface area contributed by atoms with E-state index in [-0.39, 0.29) is 46.6 Å². The number of amides is 1. The van der Waals surface area contributed by atoms with E-state index in [1.54, 1.807) is 12.5 Å². The van der Waals surface area contributed by atoms with Gasteiger partial charge in [-0.1, -0.05) is 40.7 Å². The van der Waals surface area contributed by atoms with Crippen LogP contribution in [0.5, 0.6) is 0 Å². The minimum Gasteiger partial charge on any atom is -0.413 e. The quantitative estimate of drug-likeness (QED) is 0.252. The molecule has 0 saturated carbocycles. The topological polar surface area (TPSA) is 85.6 Å². The molecule has 1 saturated heterocycles. The van der Waals surface area contributed by atoms with Crippen LogP contribution in [0, 0.1) is 11.8 Å². The van der Waals surface area contributed by atoms with Crippen LogP contribution in [0.3, 0.4) is 0 Å². The molecule has 0 aromatic carbocycles. The summed E-state index contributed by atoms with van der Waals surface area (Å²) in [5, 5.41) is 3.03. The number of hydrogen-bond acceptors (Lipinski definition) is 6. The van der Waals surface area contributed by atoms with Crippen LogP contribution in [-0.4, -0.2) is 46.5 Å². The van der Waals surface area contributed by atoms with Gasteiger partial charge in [0, 0.05) is 30.4 Å². The molecule has 2 unspecified atom stereocenters. The van der Waals surface area contributed by atoms with Gasteiger partial charge in [-0.05, 0) is 36.7 Å². The smallest absolute Gasteiger partial charge is 0.228 e. The van der Waals surface area contributed by atoms with Gasteiger partial charge in [0.25, 0.3) is 0 Å². The summed E-state index contributed by atoms with van der Waals surface area (Å²) in [6.07, 6.45) is 6.99. The Hall–Kier alpha value is -2.36. The van der Waals surface area contributed by atoms with Crippen molar-refractivity contribution in [3.63, 3.8) is 0 Å². The summed E-state index contributed by atoms with van der Waals surface area (Å²) in [6.45, 7) is 16.9. The zero-order chi connectivity index (χ0) is 25.7. The number of rotatable bonds is 8. The number of pyridine rings is 1. The highest BCUT2D eigenvalue weighted by Gasteiger charge is 2.50. The van der Waals surface area contributed by atoms with Crippen LogP contribution in [0.1, 0.15) is 68.4 Å². The second kappa shape index (κ2) is 9.26. The minimum absolute atomic E-state index is 0.0306. The van der Waals surface area contributed by atoms with Crippen molar-refractivity contribution in [3.05, 3.63) is 53.2 Å². The molecule has 1 aliphatic heterocycles. The number of Topliss-reactive ketones (excluding diaryl/α,β-unsaturated/α-hetero) is 1. The maximum Gasteiger partial charge on any atom is 0.228 e. The molecule has 4 rings (SSSR count). The summed E-state index contributed by atoms with van der Waals surface area (Å²) < 4.78 is 8.44. The largest absolute Gasteiger partial charge is 0.413 e. The molecule has 3 aromatic rings. The van der Waals surface area contributed by atoms with Gasteiger partial charge in [0.1, 0.15) is 11.2 Å². The van der Waals surface area contributed by atoms with Crippen molar-refractivity contribution < 1.29 is 14.0 Å². The number of thiazole rings is 1. The van der Waals surface area contributed by atoms with Gasteiger partial charge in [0.2, 0.25) is 5.91 Å². The van der Waals surface area contributed by atoms with Gasteiger partial charge in [0.15, 0.2) is 14.1 Å². The van der Waals surface area contributed by atoms with E-state index >= 15 is 0 Å². The fraction of sp³-hybridized carbons (Fsp3) is 0.538. The number of nitrogens with zero attached hydrogens (tertiary/aromatic N) is 3. The normalized spacial score (nSPS) is 21.3. The van der Waals surface area contributed by atoms with E-state index in [2.05, 4.69) is 56.1 Å². The molecule has 7 nitrogen and oxygen atoms in total. The molecule has 1 fully saturated rings. The Morgan fingerprint density at radius 2 is 1.97 bits per heavy atom. The van der Waals surface area contributed by atoms with Gasteiger partial charge >= 0.3 is 0 Å². The second-order valence-electron chi connectivity index (χ2n) is 11.2. The highest BCUT2D eigenvalue weighted by molar-refractivity contribution is 7.19. The Morgan fingerprint density at radius 3 is 2.57 bits per heavy atom. The molecule has 1 aliphatic rings. The first kappa shape index (κ1) is 25.7. The van der Waals surface area contributed by atoms with Gasteiger partial charge in [-0.3, -0.25) is 19.0 Å². The van der Waals surface area contributed by atoms with Crippen molar-refractivity contribution in [1.29, 1.82) is 0 Å². The average Bonchev–Trinajstić information content (AvgIpc) is 3.36. The molecular weight excluding hydrogens is 476 g/mol. The van der Waals surface area contributed by atoms with Gasteiger partial charge < -0.3 is 9.74 Å². The van der Waals surface area contributed by atoms with Crippen LogP contribution < -0.4 is 5.32 Å². The first-order valence-electron chi connectivity index (χ1n) is 12.2. The Morgan fingerprint density at radius 1 is 1.26 bits per heavy atom. The molecule has 4 heterocycles. The number of carbonyl (C=O) groups is 2. The molecular formula is C26H36N4O3SSi. The van der Waals surface area contributed by atoms with Gasteiger partial charge in [-0.25, -0.2) is 4.98 Å². The Kier molecular flexibility index (Phi) is 6.80. The number of ketones is 1. The molecule has 0 bridgehead atoms. The fourth-order valence-corrected chi connectivity index (χ4v) is 7.11. The predicted octanol–water partition coefficient (Wildman–Crippen LogP) is 5.29. The number of carbonyl (C=O) groups excluding carboxylic acids is 2. The maximum atomic E-state index is 13.5. The molecule has 5 atom stereocenters. The van der Waals surface area contributed by atoms with Crippen molar-refractivity contribution in [2.75, 3.05) is 0 Å². The molecule has 188 valence electrons. The summed E-state index contributed by atoms with van der Waals surface area (Å²) in [7, 11) is -2.03. The lowest BCUT2D eigenvalue weighted by Gasteiger charge is -2.46. The van der Waals surface area contributed by atoms with E-state index in [1.807, 2.05) is 42.8 Å². The van der Waals surface area contributed by atoms with Crippen LogP contribution in [-0.2, 0) is 9.22 Å². The van der Waals surface area contributed by atoms with Crippen LogP contribution in [0.4, 0.5) is 0 Å². The summed E-state index contributed by atoms with van der Waals surface area (Å²) in [4.78, 5) is 36.5. The number of β-lactam (4-membered cyclic amide) rings is 1. The zero-order valence-electron chi connectivity index (χ0n) is 21.8. The second-order valence-corrected chi connectivity index (χ2v) is 17.0. The van der Waals surface area contributed by atoms with Crippen molar-refractivity contribution in [2.24, 2.45) is 11.8 Å². The first-order chi connectivity index (χ1) is 16.3. The van der Waals surface area contributed by atoms with Crippen LogP contribution in [0.15, 0.2) is 37.1 Å². The Labute approximate surface area is 212 Å². The summed E-state index contributed by atoms with van der Waals surface area (Å²) >= 11 is 1.46. The minimum atomic E-state index is -2.03. The molecule has 1 N–H and O–H groups in total. The van der Waals surface area contributed by atoms with Gasteiger partial charge in [-0.15, -0.1) is 11.3 Å². The zero-order valence-corrected chi connectivity index (χ0v) is 23.6. The van der Waals surface area contributed by atoms with Crippen molar-refractivity contribution in [2.45, 2.75) is 77.7 Å². The van der Waals surface area contributed by atoms with E-state index in [0.29, 0.717) is 4.88 Å². The van der Waals surface area contributed by atoms with E-state index in [9.17, 15) is 9.59 Å². The standard InChI is InChI=1S/C26H36N4O3SSi/c1-15(18-10-9-11-27-12-18)22-25-30(14-28-22)13-19(34-25)23(31)16(2)21-20(24(32)29-21)17(3)33-35(7,8)26(4,5)6/h9-17,20-21H,1-8H3,(H,29,32)/t15?,16-,17?,20-,21-/m1/s1. The number of aromatic nitrogens is 3. The van der Waals surface area contributed by atoms with E-state index in [4.69, 9.17) is 4.43 Å². The molecule has 35 heavy (non-hydrogen) atoms. The predicted molar refractivity (Wildman–Crippen MR) is 141 cm³/mol. The highest BCUT2D eigenvalue weighted by atomic mass is 32.1. The summed E-state index contributed by atoms with van der Waals surface area (Å²) in [5.74, 6) is -0.600. The van der Waals surface area contributed by atoms with Crippen LogP contribution in [0.25, 0.3) is 4.83 Å². The molecule has 0 radical (unpaired) electrons. The molecule has 1 amide bonds. The summed E-state index contributed by atoms with van der Waals surface area (Å²) in [5.41, 5.74) is 2.01. The maximum absolute atomic E-state index is 13.5. The summed E-state index contributed by atoms with van der Waals surface area (Å²) in [6, 6.07) is 3.73. The number of hydrogen-bond donors (Lipinski definition) is 1. The van der Waals surface area contributed by atoms with E-state index in [0.717, 1.165) is 16.1 Å². The van der Waals surface area contributed by atoms with E-state index in [1.165, 1.54) is 11.3 Å². The number of imidazole rings is 1. The Bertz CT molecular complexity index is 1230. The SMILES string of the molecule is CC(c1cccnc1)c1ncn2cc(C(=O)[C@H](C)[C@H]3NC(=O)[C@@H]3C(C)O[Si](C)(C)C(C)(C)C)sc12. The Balaban J connectivity index is 1.52. The monoisotopic (exact) mass is 512 g/mol. The van der Waals surface area contributed by atoms with Gasteiger partial charge in [0.05, 0.1) is 28.6 Å². The van der Waals surface area contributed by atoms with Crippen molar-refractivity contribution >= 4 is 36.2 Å². The fourth-order valence-electron chi connectivity index (χ4n) is 4.48. The van der Waals surface area contributed by atoms with Crippen molar-refractivity contribution in [1.82, 2.24) is 19.7 Å². The molecule has 9 heteroatoms. The average molecular weight is 513 g/mol. The third-order valence-electron chi connectivity index (χ3n) is 7.82. The lowest BCUT2D eigenvalue weighted by molar-refractivity contribution is -0.141. The molecule has 3 aromatic heterocycles. The first-order valence-corrected chi connectivity index (χ1v) is 15.9. The lowest BCUT2D eigenvalue weighted by atomic mass is 9.77. The van der Waals surface area contributed by atoms with Crippen molar-refractivity contribution in [3.8, 4) is 0 Å². The van der Waals surface area contributed by atoms with Gasteiger partial charge in [-0.2, -0.15) is 0 Å². The van der Waals surface area contributed by atoms with E-state index < -0.39 is 8.32 Å². The lowest BCUT2D eigenvalue weighted by Crippen LogP contribution is -2.66. The highest BCUT2D eigenvalue weighted by Crippen LogP contribution is 2.40. The number of fused-ring (bicyclic) bond motifs is 1. The van der Waals surface area contributed by atoms with Crippen LogP contribution >= 0.6 is 11.3 Å².